The smallest absolute Gasteiger partial charge is 0.254 e. The fraction of sp³-hybridized carbons (Fsp3) is 0.105. The van der Waals surface area contributed by atoms with E-state index < -0.39 is 0 Å². The number of hydrogen-bond donors (Lipinski definition) is 2. The summed E-state index contributed by atoms with van der Waals surface area (Å²) in [7, 11) is 0. The van der Waals surface area contributed by atoms with Crippen LogP contribution in [0, 0.1) is 0 Å². The summed E-state index contributed by atoms with van der Waals surface area (Å²) in [6.07, 6.45) is 10.7. The summed E-state index contributed by atoms with van der Waals surface area (Å²) in [5, 5.41) is 14.3. The van der Waals surface area contributed by atoms with Crippen LogP contribution in [0.3, 0.4) is 0 Å². The van der Waals surface area contributed by atoms with Crippen molar-refractivity contribution in [2.75, 3.05) is 18.4 Å². The molecule has 1 aliphatic heterocycles. The molecule has 4 heterocycles. The summed E-state index contributed by atoms with van der Waals surface area (Å²) in [5.41, 5.74) is 3.72. The van der Waals surface area contributed by atoms with Crippen LogP contribution in [0.25, 0.3) is 16.9 Å². The second kappa shape index (κ2) is 6.62. The van der Waals surface area contributed by atoms with Crippen molar-refractivity contribution in [3.63, 3.8) is 0 Å². The standard InChI is InChI=1S/C19H16N8O/c28-19(26-7-1-2-8-26)13-3-5-15(6-4-13)25-17-18-21-12-24-27(18)16(11-20-17)14-9-22-23-10-14/h1-6,9-12H,7-8H2,(H,20,25)(H,22,23). The van der Waals surface area contributed by atoms with Crippen LogP contribution in [-0.4, -0.2) is 53.7 Å². The summed E-state index contributed by atoms with van der Waals surface area (Å²) < 4.78 is 1.71. The topological polar surface area (TPSA) is 104 Å². The molecule has 9 heteroatoms. The van der Waals surface area contributed by atoms with Gasteiger partial charge in [-0.3, -0.25) is 9.89 Å². The summed E-state index contributed by atoms with van der Waals surface area (Å²) in [5.74, 6) is 0.603. The van der Waals surface area contributed by atoms with Crippen molar-refractivity contribution in [1.29, 1.82) is 0 Å². The third-order valence-electron chi connectivity index (χ3n) is 4.60. The number of rotatable bonds is 4. The van der Waals surface area contributed by atoms with E-state index in [9.17, 15) is 4.79 Å². The number of fused-ring (bicyclic) bond motifs is 1. The summed E-state index contributed by atoms with van der Waals surface area (Å²) in [4.78, 5) is 23.0. The number of H-pyrrole nitrogens is 1. The highest BCUT2D eigenvalue weighted by Crippen LogP contribution is 2.24. The van der Waals surface area contributed by atoms with Gasteiger partial charge in [0.25, 0.3) is 5.91 Å². The molecule has 0 spiro atoms. The molecule has 0 unspecified atom stereocenters. The van der Waals surface area contributed by atoms with Crippen LogP contribution < -0.4 is 5.32 Å². The Morgan fingerprint density at radius 1 is 1.07 bits per heavy atom. The van der Waals surface area contributed by atoms with Crippen molar-refractivity contribution >= 4 is 23.1 Å². The number of hydrogen-bond acceptors (Lipinski definition) is 6. The third kappa shape index (κ3) is 2.78. The zero-order valence-corrected chi connectivity index (χ0v) is 14.8. The van der Waals surface area contributed by atoms with Gasteiger partial charge in [-0.1, -0.05) is 12.2 Å². The van der Waals surface area contributed by atoms with Gasteiger partial charge in [0.2, 0.25) is 0 Å². The normalized spacial score (nSPS) is 13.4. The Labute approximate surface area is 159 Å². The first-order chi connectivity index (χ1) is 13.8. The van der Waals surface area contributed by atoms with E-state index in [1.165, 1.54) is 6.33 Å². The van der Waals surface area contributed by atoms with Crippen molar-refractivity contribution in [2.24, 2.45) is 0 Å². The maximum Gasteiger partial charge on any atom is 0.254 e. The number of nitrogens with zero attached hydrogens (tertiary/aromatic N) is 6. The molecule has 0 saturated heterocycles. The predicted octanol–water partition coefficient (Wildman–Crippen LogP) is 2.27. The van der Waals surface area contributed by atoms with Gasteiger partial charge in [-0.25, -0.2) is 14.5 Å². The van der Waals surface area contributed by atoms with Gasteiger partial charge >= 0.3 is 0 Å². The van der Waals surface area contributed by atoms with Crippen molar-refractivity contribution in [2.45, 2.75) is 0 Å². The Morgan fingerprint density at radius 2 is 1.89 bits per heavy atom. The summed E-state index contributed by atoms with van der Waals surface area (Å²) in [6.45, 7) is 1.33. The third-order valence-corrected chi connectivity index (χ3v) is 4.60. The molecule has 138 valence electrons. The lowest BCUT2D eigenvalue weighted by atomic mass is 10.2. The molecule has 3 aromatic heterocycles. The van der Waals surface area contributed by atoms with Crippen molar-refractivity contribution < 1.29 is 4.79 Å². The van der Waals surface area contributed by atoms with Crippen LogP contribution in [0.5, 0.6) is 0 Å². The number of aromatic amines is 1. The lowest BCUT2D eigenvalue weighted by Crippen LogP contribution is -2.28. The molecule has 0 fully saturated rings. The maximum atomic E-state index is 12.4. The molecule has 0 atom stereocenters. The molecule has 9 nitrogen and oxygen atoms in total. The Kier molecular flexibility index (Phi) is 3.82. The minimum Gasteiger partial charge on any atom is -0.337 e. The highest BCUT2D eigenvalue weighted by Gasteiger charge is 2.16. The molecule has 28 heavy (non-hydrogen) atoms. The Hall–Kier alpha value is -4.01. The maximum absolute atomic E-state index is 12.4. The van der Waals surface area contributed by atoms with E-state index in [-0.39, 0.29) is 5.91 Å². The van der Waals surface area contributed by atoms with Crippen LogP contribution >= 0.6 is 0 Å². The number of aromatic nitrogens is 6. The highest BCUT2D eigenvalue weighted by molar-refractivity contribution is 5.95. The van der Waals surface area contributed by atoms with E-state index in [0.717, 1.165) is 16.9 Å². The largest absolute Gasteiger partial charge is 0.337 e. The first-order valence-electron chi connectivity index (χ1n) is 8.79. The Balaban J connectivity index is 1.40. The molecular formula is C19H16N8O. The van der Waals surface area contributed by atoms with Gasteiger partial charge < -0.3 is 10.2 Å². The molecule has 1 aliphatic rings. The number of carbonyl (C=O) groups is 1. The molecule has 0 radical (unpaired) electrons. The number of benzene rings is 1. The Morgan fingerprint density at radius 3 is 2.64 bits per heavy atom. The first-order valence-corrected chi connectivity index (χ1v) is 8.79. The minimum atomic E-state index is 0.0268. The summed E-state index contributed by atoms with van der Waals surface area (Å²) >= 11 is 0. The van der Waals surface area contributed by atoms with Crippen LogP contribution in [-0.2, 0) is 0 Å². The Bertz CT molecular complexity index is 1150. The van der Waals surface area contributed by atoms with Gasteiger partial charge in [-0.05, 0) is 24.3 Å². The van der Waals surface area contributed by atoms with E-state index in [0.29, 0.717) is 30.1 Å². The van der Waals surface area contributed by atoms with Gasteiger partial charge in [0, 0.05) is 36.1 Å². The molecule has 1 amide bonds. The van der Waals surface area contributed by atoms with Crippen LogP contribution in [0.1, 0.15) is 10.4 Å². The van der Waals surface area contributed by atoms with Gasteiger partial charge in [0.05, 0.1) is 18.1 Å². The molecule has 0 bridgehead atoms. The van der Waals surface area contributed by atoms with Crippen LogP contribution in [0.2, 0.25) is 0 Å². The zero-order valence-electron chi connectivity index (χ0n) is 14.8. The second-order valence-corrected chi connectivity index (χ2v) is 6.36. The molecule has 1 aromatic carbocycles. The zero-order chi connectivity index (χ0) is 18.9. The van der Waals surface area contributed by atoms with Crippen molar-refractivity contribution in [1.82, 2.24) is 34.7 Å². The van der Waals surface area contributed by atoms with E-state index in [2.05, 4.69) is 30.6 Å². The van der Waals surface area contributed by atoms with Crippen LogP contribution in [0.15, 0.2) is 61.3 Å². The minimum absolute atomic E-state index is 0.0268. The molecule has 4 aromatic rings. The number of carbonyl (C=O) groups excluding carboxylic acids is 1. The SMILES string of the molecule is O=C(c1ccc(Nc2ncc(-c3cn[nH]c3)n3ncnc23)cc1)N1CC=CC1. The molecule has 5 rings (SSSR count). The highest BCUT2D eigenvalue weighted by atomic mass is 16.2. The molecular weight excluding hydrogens is 356 g/mol. The molecule has 0 saturated carbocycles. The van der Waals surface area contributed by atoms with Gasteiger partial charge in [-0.2, -0.15) is 10.2 Å². The van der Waals surface area contributed by atoms with E-state index >= 15 is 0 Å². The molecule has 0 aliphatic carbocycles. The second-order valence-electron chi connectivity index (χ2n) is 6.36. The average Bonchev–Trinajstić information content (AvgIpc) is 3.50. The van der Waals surface area contributed by atoms with Gasteiger partial charge in [-0.15, -0.1) is 0 Å². The van der Waals surface area contributed by atoms with Gasteiger partial charge in [0.15, 0.2) is 11.5 Å². The first kappa shape index (κ1) is 16.2. The number of nitrogens with one attached hydrogen (secondary N) is 2. The predicted molar refractivity (Wildman–Crippen MR) is 103 cm³/mol. The van der Waals surface area contributed by atoms with E-state index in [4.69, 9.17) is 0 Å². The molecule has 2 N–H and O–H groups in total. The average molecular weight is 372 g/mol. The summed E-state index contributed by atoms with van der Waals surface area (Å²) in [6, 6.07) is 7.33. The van der Waals surface area contributed by atoms with E-state index in [1.807, 2.05) is 36.4 Å². The van der Waals surface area contributed by atoms with Crippen molar-refractivity contribution in [3.05, 3.63) is 66.9 Å². The fourth-order valence-electron chi connectivity index (χ4n) is 3.15. The van der Waals surface area contributed by atoms with Crippen LogP contribution in [0.4, 0.5) is 11.5 Å². The number of amides is 1. The quantitative estimate of drug-likeness (QED) is 0.533. The fourth-order valence-corrected chi connectivity index (χ4v) is 3.15. The monoisotopic (exact) mass is 372 g/mol. The van der Waals surface area contributed by atoms with Crippen molar-refractivity contribution in [3.8, 4) is 11.3 Å². The van der Waals surface area contributed by atoms with Gasteiger partial charge in [0.1, 0.15) is 6.33 Å². The number of anilines is 2. The lowest BCUT2D eigenvalue weighted by molar-refractivity contribution is 0.0800. The van der Waals surface area contributed by atoms with E-state index in [1.54, 1.807) is 28.0 Å². The lowest BCUT2D eigenvalue weighted by Gasteiger charge is -2.15.